The Bertz CT molecular complexity index is 1640. The second-order valence-electron chi connectivity index (χ2n) is 14.9. The standard InChI is InChI=1S/C40H51N3O8/c1-24(50-39(3,4)5)33(43-38(48)49-23-31-29-20-14-12-18-27(29)28-19-13-15-21-30(28)31)36(45)41-32(22-26-16-10-9-11-17-26)35(44)42-34(37(46)47)25(2)51-40(6,7)8/h9-21,24-25,31-34H,22-23H2,1-8H3,(H,41,45)(H,42,44)(H,43,48)(H,46,47)/t24-,25-,32+,33+,34+/m1/s1. The van der Waals surface area contributed by atoms with Crippen LogP contribution in [0.5, 0.6) is 0 Å². The van der Waals surface area contributed by atoms with E-state index in [0.29, 0.717) is 0 Å². The third-order valence-corrected chi connectivity index (χ3v) is 8.40. The molecule has 51 heavy (non-hydrogen) atoms. The average Bonchev–Trinajstić information content (AvgIpc) is 3.36. The molecule has 0 saturated carbocycles. The quantitative estimate of drug-likeness (QED) is 0.170. The van der Waals surface area contributed by atoms with Crippen molar-refractivity contribution in [3.63, 3.8) is 0 Å². The number of alkyl carbamates (subject to hydrolysis) is 1. The van der Waals surface area contributed by atoms with Gasteiger partial charge in [0.25, 0.3) is 0 Å². The van der Waals surface area contributed by atoms with Crippen LogP contribution in [0, 0.1) is 0 Å². The first kappa shape index (κ1) is 39.1. The zero-order valence-corrected chi connectivity index (χ0v) is 30.7. The highest BCUT2D eigenvalue weighted by atomic mass is 16.6. The molecule has 0 aromatic heterocycles. The van der Waals surface area contributed by atoms with Gasteiger partial charge in [-0.25, -0.2) is 9.59 Å². The molecule has 4 rings (SSSR count). The van der Waals surface area contributed by atoms with Gasteiger partial charge in [0.2, 0.25) is 11.8 Å². The van der Waals surface area contributed by atoms with Crippen LogP contribution in [0.25, 0.3) is 11.1 Å². The molecule has 3 aromatic rings. The van der Waals surface area contributed by atoms with Gasteiger partial charge in [-0.05, 0) is 83.2 Å². The number of benzene rings is 3. The van der Waals surface area contributed by atoms with E-state index < -0.39 is 65.4 Å². The topological polar surface area (TPSA) is 152 Å². The summed E-state index contributed by atoms with van der Waals surface area (Å²) in [4.78, 5) is 53.5. The molecule has 3 aromatic carbocycles. The molecule has 1 aliphatic carbocycles. The van der Waals surface area contributed by atoms with Crippen molar-refractivity contribution in [3.05, 3.63) is 95.6 Å². The lowest BCUT2D eigenvalue weighted by atomic mass is 9.98. The SMILES string of the molecule is C[C@@H](OC(C)(C)C)[C@H](NC(=O)[C@H](Cc1ccccc1)NC(=O)[C@@H](NC(=O)OCC1c2ccccc2-c2ccccc21)[C@@H](C)OC(C)(C)C)C(=O)O. The molecule has 0 fully saturated rings. The summed E-state index contributed by atoms with van der Waals surface area (Å²) in [5.74, 6) is -2.91. The Morgan fingerprint density at radius 3 is 1.67 bits per heavy atom. The van der Waals surface area contributed by atoms with E-state index in [1.165, 1.54) is 0 Å². The van der Waals surface area contributed by atoms with Crippen molar-refractivity contribution >= 4 is 23.9 Å². The van der Waals surface area contributed by atoms with Crippen LogP contribution in [0.2, 0.25) is 0 Å². The van der Waals surface area contributed by atoms with E-state index >= 15 is 0 Å². The van der Waals surface area contributed by atoms with E-state index in [4.69, 9.17) is 14.2 Å². The maximum atomic E-state index is 14.1. The molecule has 11 nitrogen and oxygen atoms in total. The first-order chi connectivity index (χ1) is 23.9. The van der Waals surface area contributed by atoms with Crippen molar-refractivity contribution in [2.75, 3.05) is 6.61 Å². The summed E-state index contributed by atoms with van der Waals surface area (Å²) in [5, 5.41) is 18.0. The molecule has 0 bridgehead atoms. The molecule has 3 amide bonds. The number of carboxylic acids is 1. The second kappa shape index (κ2) is 16.5. The lowest BCUT2D eigenvalue weighted by Crippen LogP contribution is -2.60. The zero-order chi connectivity index (χ0) is 37.5. The number of fused-ring (bicyclic) bond motifs is 3. The number of ether oxygens (including phenoxy) is 3. The maximum absolute atomic E-state index is 14.1. The van der Waals surface area contributed by atoms with Gasteiger partial charge in [-0.2, -0.15) is 0 Å². The number of carboxylic acid groups (broad SMARTS) is 1. The Morgan fingerprint density at radius 2 is 1.16 bits per heavy atom. The molecule has 0 spiro atoms. The minimum absolute atomic E-state index is 0.0349. The molecular formula is C40H51N3O8. The lowest BCUT2D eigenvalue weighted by molar-refractivity contribution is -0.150. The molecule has 0 unspecified atom stereocenters. The monoisotopic (exact) mass is 701 g/mol. The molecule has 5 atom stereocenters. The fourth-order valence-corrected chi connectivity index (χ4v) is 6.37. The third-order valence-electron chi connectivity index (χ3n) is 8.40. The fraction of sp³-hybridized carbons (Fsp3) is 0.450. The molecule has 11 heteroatoms. The van der Waals surface area contributed by atoms with Crippen LogP contribution < -0.4 is 16.0 Å². The number of carbonyl (C=O) groups is 4. The van der Waals surface area contributed by atoms with Crippen LogP contribution in [0.1, 0.15) is 78.0 Å². The fourth-order valence-electron chi connectivity index (χ4n) is 6.37. The molecule has 0 radical (unpaired) electrons. The molecule has 0 saturated heterocycles. The lowest BCUT2D eigenvalue weighted by Gasteiger charge is -2.32. The smallest absolute Gasteiger partial charge is 0.407 e. The number of nitrogens with one attached hydrogen (secondary N) is 3. The summed E-state index contributed by atoms with van der Waals surface area (Å²) >= 11 is 0. The largest absolute Gasteiger partial charge is 0.480 e. The molecule has 274 valence electrons. The Morgan fingerprint density at radius 1 is 0.667 bits per heavy atom. The highest BCUT2D eigenvalue weighted by Gasteiger charge is 2.37. The summed E-state index contributed by atoms with van der Waals surface area (Å²) in [6.45, 7) is 14.1. The number of carbonyl (C=O) groups excluding carboxylic acids is 3. The summed E-state index contributed by atoms with van der Waals surface area (Å²) in [5.41, 5.74) is 3.63. The molecule has 0 heterocycles. The minimum atomic E-state index is -1.40. The summed E-state index contributed by atoms with van der Waals surface area (Å²) in [6, 6.07) is 21.1. The Labute approximate surface area is 300 Å². The normalized spacial score (nSPS) is 15.7. The Hall–Kier alpha value is -4.74. The van der Waals surface area contributed by atoms with Gasteiger partial charge in [0.05, 0.1) is 23.4 Å². The number of amides is 3. The highest BCUT2D eigenvalue weighted by molar-refractivity contribution is 5.93. The van der Waals surface area contributed by atoms with Crippen LogP contribution in [-0.2, 0) is 35.0 Å². The number of aliphatic carboxylic acids is 1. The molecule has 1 aliphatic rings. The van der Waals surface area contributed by atoms with Crippen molar-refractivity contribution in [1.82, 2.24) is 16.0 Å². The zero-order valence-electron chi connectivity index (χ0n) is 30.7. The van der Waals surface area contributed by atoms with Crippen LogP contribution in [0.4, 0.5) is 4.79 Å². The maximum Gasteiger partial charge on any atom is 0.407 e. The highest BCUT2D eigenvalue weighted by Crippen LogP contribution is 2.44. The average molecular weight is 702 g/mol. The van der Waals surface area contributed by atoms with Gasteiger partial charge >= 0.3 is 12.1 Å². The van der Waals surface area contributed by atoms with Crippen LogP contribution in [-0.4, -0.2) is 77.1 Å². The van der Waals surface area contributed by atoms with E-state index in [-0.39, 0.29) is 18.9 Å². The molecule has 4 N–H and O–H groups in total. The van der Waals surface area contributed by atoms with Crippen molar-refractivity contribution in [2.24, 2.45) is 0 Å². The molecule has 0 aliphatic heterocycles. The van der Waals surface area contributed by atoms with E-state index in [0.717, 1.165) is 27.8 Å². The summed E-state index contributed by atoms with van der Waals surface area (Å²) < 4.78 is 17.7. The number of rotatable bonds is 14. The first-order valence-electron chi connectivity index (χ1n) is 17.3. The van der Waals surface area contributed by atoms with Crippen molar-refractivity contribution in [1.29, 1.82) is 0 Å². The minimum Gasteiger partial charge on any atom is -0.480 e. The van der Waals surface area contributed by atoms with Crippen LogP contribution in [0.3, 0.4) is 0 Å². The van der Waals surface area contributed by atoms with Crippen molar-refractivity contribution in [2.45, 2.75) is 109 Å². The van der Waals surface area contributed by atoms with E-state index in [1.54, 1.807) is 58.9 Å². The Kier molecular flexibility index (Phi) is 12.6. The van der Waals surface area contributed by atoms with Gasteiger partial charge in [-0.1, -0.05) is 78.9 Å². The van der Waals surface area contributed by atoms with Crippen LogP contribution in [0.15, 0.2) is 78.9 Å². The van der Waals surface area contributed by atoms with Gasteiger partial charge < -0.3 is 35.3 Å². The van der Waals surface area contributed by atoms with Crippen LogP contribution >= 0.6 is 0 Å². The number of hydrogen-bond donors (Lipinski definition) is 4. The third kappa shape index (κ3) is 10.9. The van der Waals surface area contributed by atoms with E-state index in [9.17, 15) is 24.3 Å². The predicted molar refractivity (Wildman–Crippen MR) is 194 cm³/mol. The predicted octanol–water partition coefficient (Wildman–Crippen LogP) is 5.60. The summed E-state index contributed by atoms with van der Waals surface area (Å²) in [7, 11) is 0. The second-order valence-corrected chi connectivity index (χ2v) is 14.9. The molecular weight excluding hydrogens is 650 g/mol. The number of hydrogen-bond acceptors (Lipinski definition) is 7. The van der Waals surface area contributed by atoms with Gasteiger partial charge in [0.15, 0.2) is 6.04 Å². The van der Waals surface area contributed by atoms with Gasteiger partial charge in [0, 0.05) is 12.3 Å². The van der Waals surface area contributed by atoms with Gasteiger partial charge in [-0.15, -0.1) is 0 Å². The first-order valence-corrected chi connectivity index (χ1v) is 17.3. The van der Waals surface area contributed by atoms with E-state index in [1.807, 2.05) is 75.4 Å². The summed E-state index contributed by atoms with van der Waals surface area (Å²) in [6.07, 6.45) is -2.52. The van der Waals surface area contributed by atoms with Gasteiger partial charge in [-0.3, -0.25) is 9.59 Å². The van der Waals surface area contributed by atoms with Crippen molar-refractivity contribution < 1.29 is 38.5 Å². The van der Waals surface area contributed by atoms with Crippen molar-refractivity contribution in [3.8, 4) is 11.1 Å². The Balaban J connectivity index is 1.54. The van der Waals surface area contributed by atoms with Gasteiger partial charge in [0.1, 0.15) is 18.7 Å². The van der Waals surface area contributed by atoms with E-state index in [2.05, 4.69) is 16.0 Å².